The zero-order valence-corrected chi connectivity index (χ0v) is 11.6. The molecule has 4 unspecified atom stereocenters. The molecule has 2 heteroatoms. The van der Waals surface area contributed by atoms with Crippen molar-refractivity contribution >= 4 is 5.78 Å². The zero-order chi connectivity index (χ0) is 12.4. The molecule has 0 aromatic heterocycles. The lowest BCUT2D eigenvalue weighted by Gasteiger charge is -2.40. The lowest BCUT2D eigenvalue weighted by molar-refractivity contribution is -0.118. The largest absolute Gasteiger partial charge is 0.300 e. The van der Waals surface area contributed by atoms with E-state index in [1.807, 2.05) is 0 Å². The molecule has 1 saturated heterocycles. The van der Waals surface area contributed by atoms with Crippen LogP contribution in [-0.4, -0.2) is 29.3 Å². The molecule has 0 radical (unpaired) electrons. The first-order chi connectivity index (χ1) is 8.08. The van der Waals surface area contributed by atoms with Gasteiger partial charge in [0.1, 0.15) is 5.78 Å². The van der Waals surface area contributed by atoms with Crippen LogP contribution in [0.1, 0.15) is 59.3 Å². The second-order valence-electron chi connectivity index (χ2n) is 6.36. The molecule has 0 bridgehead atoms. The van der Waals surface area contributed by atoms with Crippen LogP contribution in [0.4, 0.5) is 0 Å². The van der Waals surface area contributed by atoms with Crippen molar-refractivity contribution in [2.75, 3.05) is 6.54 Å². The van der Waals surface area contributed by atoms with Gasteiger partial charge in [0.05, 0.1) is 0 Å². The first-order valence-electron chi connectivity index (χ1n) is 7.33. The zero-order valence-electron chi connectivity index (χ0n) is 11.6. The van der Waals surface area contributed by atoms with E-state index in [4.69, 9.17) is 0 Å². The maximum Gasteiger partial charge on any atom is 0.131 e. The third-order valence-corrected chi connectivity index (χ3v) is 4.99. The molecule has 0 N–H and O–H groups in total. The van der Waals surface area contributed by atoms with Gasteiger partial charge in [-0.25, -0.2) is 0 Å². The molecule has 2 aliphatic rings. The van der Waals surface area contributed by atoms with Crippen LogP contribution >= 0.6 is 0 Å². The number of carbonyl (C=O) groups excluding carboxylic acids is 1. The Morgan fingerprint density at radius 3 is 2.59 bits per heavy atom. The second kappa shape index (κ2) is 5.51. The number of Topliss-reactive ketones (excluding diaryl/α,β-unsaturated/α-hetero) is 1. The van der Waals surface area contributed by atoms with Gasteiger partial charge in [-0.1, -0.05) is 13.8 Å². The van der Waals surface area contributed by atoms with Crippen LogP contribution in [0.2, 0.25) is 0 Å². The predicted molar refractivity (Wildman–Crippen MR) is 71.0 cm³/mol. The van der Waals surface area contributed by atoms with Crippen molar-refractivity contribution in [1.82, 2.24) is 4.90 Å². The standard InChI is InChI=1S/C15H27NO/c1-11-6-7-15(9-12(11)2)16-8-4-5-14(16)10-13(3)17/h11-12,14-15H,4-10H2,1-3H3. The maximum atomic E-state index is 11.3. The second-order valence-corrected chi connectivity index (χ2v) is 6.36. The summed E-state index contributed by atoms with van der Waals surface area (Å²) in [6.45, 7) is 7.75. The fraction of sp³-hybridized carbons (Fsp3) is 0.933. The van der Waals surface area contributed by atoms with Crippen molar-refractivity contribution in [3.8, 4) is 0 Å². The number of likely N-dealkylation sites (tertiary alicyclic amines) is 1. The van der Waals surface area contributed by atoms with E-state index in [-0.39, 0.29) is 0 Å². The van der Waals surface area contributed by atoms with Crippen LogP contribution < -0.4 is 0 Å². The Kier molecular flexibility index (Phi) is 4.24. The van der Waals surface area contributed by atoms with E-state index in [2.05, 4.69) is 18.7 Å². The van der Waals surface area contributed by atoms with Crippen molar-refractivity contribution in [2.24, 2.45) is 11.8 Å². The minimum absolute atomic E-state index is 0.360. The smallest absolute Gasteiger partial charge is 0.131 e. The number of ketones is 1. The molecule has 1 heterocycles. The summed E-state index contributed by atoms with van der Waals surface area (Å²) in [6, 6.07) is 1.31. The number of rotatable bonds is 3. The van der Waals surface area contributed by atoms with E-state index < -0.39 is 0 Å². The van der Waals surface area contributed by atoms with Crippen molar-refractivity contribution in [2.45, 2.75) is 71.4 Å². The highest BCUT2D eigenvalue weighted by Crippen LogP contribution is 2.35. The van der Waals surface area contributed by atoms with Crippen LogP contribution in [0.25, 0.3) is 0 Å². The molecule has 2 fully saturated rings. The minimum Gasteiger partial charge on any atom is -0.300 e. The Balaban J connectivity index is 1.94. The summed E-state index contributed by atoms with van der Waals surface area (Å²) in [6.07, 6.45) is 7.36. The summed E-state index contributed by atoms with van der Waals surface area (Å²) in [4.78, 5) is 14.0. The summed E-state index contributed by atoms with van der Waals surface area (Å²) < 4.78 is 0. The van der Waals surface area contributed by atoms with Crippen LogP contribution in [-0.2, 0) is 4.79 Å². The monoisotopic (exact) mass is 237 g/mol. The quantitative estimate of drug-likeness (QED) is 0.751. The maximum absolute atomic E-state index is 11.3. The number of hydrogen-bond donors (Lipinski definition) is 0. The van der Waals surface area contributed by atoms with Gasteiger partial charge >= 0.3 is 0 Å². The molecule has 17 heavy (non-hydrogen) atoms. The van der Waals surface area contributed by atoms with Crippen LogP contribution in [0.5, 0.6) is 0 Å². The van der Waals surface area contributed by atoms with E-state index in [1.54, 1.807) is 6.92 Å². The third-order valence-electron chi connectivity index (χ3n) is 4.99. The molecular weight excluding hydrogens is 210 g/mol. The molecule has 1 aliphatic heterocycles. The topological polar surface area (TPSA) is 20.3 Å². The van der Waals surface area contributed by atoms with Crippen LogP contribution in [0.15, 0.2) is 0 Å². The fourth-order valence-corrected chi connectivity index (χ4v) is 3.71. The lowest BCUT2D eigenvalue weighted by atomic mass is 9.78. The highest BCUT2D eigenvalue weighted by molar-refractivity contribution is 5.76. The average molecular weight is 237 g/mol. The average Bonchev–Trinajstić information content (AvgIpc) is 2.69. The van der Waals surface area contributed by atoms with Gasteiger partial charge in [0.25, 0.3) is 0 Å². The Morgan fingerprint density at radius 1 is 1.18 bits per heavy atom. The Labute approximate surface area is 106 Å². The molecule has 4 atom stereocenters. The lowest BCUT2D eigenvalue weighted by Crippen LogP contribution is -2.43. The summed E-state index contributed by atoms with van der Waals surface area (Å²) in [5.74, 6) is 2.10. The van der Waals surface area contributed by atoms with Crippen molar-refractivity contribution in [1.29, 1.82) is 0 Å². The number of carbonyl (C=O) groups is 1. The van der Waals surface area contributed by atoms with Gasteiger partial charge in [0.2, 0.25) is 0 Å². The van der Waals surface area contributed by atoms with Gasteiger partial charge in [-0.3, -0.25) is 9.69 Å². The molecule has 0 spiro atoms. The molecule has 2 nitrogen and oxygen atoms in total. The van der Waals surface area contributed by atoms with E-state index >= 15 is 0 Å². The van der Waals surface area contributed by atoms with Gasteiger partial charge in [-0.15, -0.1) is 0 Å². The molecule has 98 valence electrons. The molecule has 1 saturated carbocycles. The summed E-state index contributed by atoms with van der Waals surface area (Å²) in [5, 5.41) is 0. The van der Waals surface area contributed by atoms with Crippen LogP contribution in [0.3, 0.4) is 0 Å². The van der Waals surface area contributed by atoms with E-state index in [9.17, 15) is 4.79 Å². The fourth-order valence-electron chi connectivity index (χ4n) is 3.71. The highest BCUT2D eigenvalue weighted by atomic mass is 16.1. The predicted octanol–water partition coefficient (Wildman–Crippen LogP) is 3.25. The molecule has 0 amide bonds. The van der Waals surface area contributed by atoms with Gasteiger partial charge < -0.3 is 0 Å². The summed E-state index contributed by atoms with van der Waals surface area (Å²) in [5.41, 5.74) is 0. The van der Waals surface area contributed by atoms with Crippen molar-refractivity contribution in [3.63, 3.8) is 0 Å². The first kappa shape index (κ1) is 13.1. The number of hydrogen-bond acceptors (Lipinski definition) is 2. The highest BCUT2D eigenvalue weighted by Gasteiger charge is 2.35. The van der Waals surface area contributed by atoms with Crippen molar-refractivity contribution in [3.05, 3.63) is 0 Å². The SMILES string of the molecule is CC(=O)CC1CCCN1C1CCC(C)C(C)C1. The first-order valence-corrected chi connectivity index (χ1v) is 7.33. The van der Waals surface area contributed by atoms with Gasteiger partial charge in [0, 0.05) is 18.5 Å². The van der Waals surface area contributed by atoms with Crippen molar-refractivity contribution < 1.29 is 4.79 Å². The normalized spacial score (nSPS) is 39.5. The van der Waals surface area contributed by atoms with Gasteiger partial charge in [0.15, 0.2) is 0 Å². The Morgan fingerprint density at radius 2 is 1.94 bits per heavy atom. The van der Waals surface area contributed by atoms with Gasteiger partial charge in [-0.05, 0) is 57.4 Å². The number of nitrogens with zero attached hydrogens (tertiary/aromatic N) is 1. The summed E-state index contributed by atoms with van der Waals surface area (Å²) in [7, 11) is 0. The van der Waals surface area contributed by atoms with Gasteiger partial charge in [-0.2, -0.15) is 0 Å². The molecule has 2 rings (SSSR count). The van der Waals surface area contributed by atoms with Crippen LogP contribution in [0, 0.1) is 11.8 Å². The third kappa shape index (κ3) is 3.09. The van der Waals surface area contributed by atoms with E-state index in [0.29, 0.717) is 11.8 Å². The minimum atomic E-state index is 0.360. The Bertz CT molecular complexity index is 276. The molecular formula is C15H27NO. The molecule has 0 aromatic carbocycles. The molecule has 1 aliphatic carbocycles. The van der Waals surface area contributed by atoms with E-state index in [1.165, 1.54) is 38.6 Å². The van der Waals surface area contributed by atoms with E-state index in [0.717, 1.165) is 24.3 Å². The summed E-state index contributed by atoms with van der Waals surface area (Å²) >= 11 is 0. The Hall–Kier alpha value is -0.370. The molecule has 0 aromatic rings.